The molecule has 206 valence electrons. The van der Waals surface area contributed by atoms with Crippen LogP contribution >= 0.6 is 12.2 Å². The zero-order chi connectivity index (χ0) is 28.6. The summed E-state index contributed by atoms with van der Waals surface area (Å²) in [7, 11) is 0. The molecule has 0 saturated carbocycles. The lowest BCUT2D eigenvalue weighted by Gasteiger charge is -2.34. The SMILES string of the molecule is Cc1cc([C@H]2N(c3ccc(F)cc3)C(=S)O[C@]2(C)CC[C@H](O)c2ccc(F)cc2)c(O)cc1-c1cccc(O)c1. The molecule has 0 amide bonds. The quantitative estimate of drug-likeness (QED) is 0.203. The van der Waals surface area contributed by atoms with Crippen molar-refractivity contribution in [1.29, 1.82) is 0 Å². The number of ether oxygens (including phenoxy) is 1. The summed E-state index contributed by atoms with van der Waals surface area (Å²) in [4.78, 5) is 1.75. The molecule has 5 rings (SSSR count). The summed E-state index contributed by atoms with van der Waals surface area (Å²) < 4.78 is 33.5. The fourth-order valence-corrected chi connectivity index (χ4v) is 5.79. The molecule has 4 aromatic carbocycles. The number of hydrogen-bond donors (Lipinski definition) is 3. The van der Waals surface area contributed by atoms with Gasteiger partial charge in [-0.25, -0.2) is 8.78 Å². The van der Waals surface area contributed by atoms with Gasteiger partial charge in [0.05, 0.1) is 6.10 Å². The molecule has 1 aliphatic rings. The number of benzene rings is 4. The maximum Gasteiger partial charge on any atom is 0.265 e. The van der Waals surface area contributed by atoms with Crippen molar-refractivity contribution in [2.24, 2.45) is 0 Å². The number of rotatable bonds is 7. The number of aryl methyl sites for hydroxylation is 1. The summed E-state index contributed by atoms with van der Waals surface area (Å²) in [6, 6.07) is 21.2. The highest BCUT2D eigenvalue weighted by atomic mass is 32.1. The summed E-state index contributed by atoms with van der Waals surface area (Å²) >= 11 is 5.66. The largest absolute Gasteiger partial charge is 0.508 e. The number of hydrogen-bond acceptors (Lipinski definition) is 5. The van der Waals surface area contributed by atoms with Crippen LogP contribution in [0.2, 0.25) is 0 Å². The van der Waals surface area contributed by atoms with Crippen LogP contribution < -0.4 is 4.90 Å². The molecule has 4 aromatic rings. The van der Waals surface area contributed by atoms with Gasteiger partial charge in [-0.2, -0.15) is 0 Å². The number of aromatic hydroxyl groups is 2. The lowest BCUT2D eigenvalue weighted by atomic mass is 9.82. The van der Waals surface area contributed by atoms with Gasteiger partial charge in [0.2, 0.25) is 0 Å². The van der Waals surface area contributed by atoms with Gasteiger partial charge in [-0.1, -0.05) is 24.3 Å². The van der Waals surface area contributed by atoms with Crippen LogP contribution in [0.1, 0.15) is 48.6 Å². The van der Waals surface area contributed by atoms with Gasteiger partial charge in [-0.05, 0) is 122 Å². The first-order valence-corrected chi connectivity index (χ1v) is 13.3. The van der Waals surface area contributed by atoms with Crippen molar-refractivity contribution < 1.29 is 28.8 Å². The van der Waals surface area contributed by atoms with Gasteiger partial charge in [-0.15, -0.1) is 0 Å². The molecule has 1 fully saturated rings. The highest BCUT2D eigenvalue weighted by Crippen LogP contribution is 2.50. The number of aliphatic hydroxyl groups is 1. The fraction of sp³-hybridized carbons (Fsp3) is 0.219. The monoisotopic (exact) mass is 561 g/mol. The second kappa shape index (κ2) is 10.9. The van der Waals surface area contributed by atoms with E-state index < -0.39 is 23.6 Å². The summed E-state index contributed by atoms with van der Waals surface area (Å²) in [5.41, 5.74) is 3.06. The van der Waals surface area contributed by atoms with E-state index in [0.29, 0.717) is 23.2 Å². The Morgan fingerprint density at radius 3 is 2.25 bits per heavy atom. The van der Waals surface area contributed by atoms with Gasteiger partial charge in [0, 0.05) is 11.3 Å². The van der Waals surface area contributed by atoms with Crippen molar-refractivity contribution in [3.8, 4) is 22.6 Å². The molecule has 3 atom stereocenters. The van der Waals surface area contributed by atoms with E-state index in [9.17, 15) is 24.1 Å². The minimum absolute atomic E-state index is 0.000312. The zero-order valence-corrected chi connectivity index (χ0v) is 22.8. The topological polar surface area (TPSA) is 73.2 Å². The highest BCUT2D eigenvalue weighted by Gasteiger charge is 2.51. The molecule has 0 unspecified atom stereocenters. The number of aliphatic hydroxyl groups excluding tert-OH is 1. The van der Waals surface area contributed by atoms with E-state index in [4.69, 9.17) is 17.0 Å². The molecule has 0 spiro atoms. The van der Waals surface area contributed by atoms with E-state index in [2.05, 4.69) is 0 Å². The first-order valence-electron chi connectivity index (χ1n) is 12.9. The Bertz CT molecular complexity index is 1540. The predicted octanol–water partition coefficient (Wildman–Crippen LogP) is 7.49. The molecular formula is C32H29F2NO4S. The summed E-state index contributed by atoms with van der Waals surface area (Å²) in [6.07, 6.45) is -0.265. The van der Waals surface area contributed by atoms with E-state index in [1.54, 1.807) is 53.4 Å². The Labute approximate surface area is 236 Å². The third-order valence-corrected chi connectivity index (χ3v) is 7.73. The molecule has 0 aliphatic carbocycles. The average Bonchev–Trinajstić information content (AvgIpc) is 3.19. The Morgan fingerprint density at radius 2 is 1.60 bits per heavy atom. The van der Waals surface area contributed by atoms with E-state index in [-0.39, 0.29) is 28.9 Å². The number of phenols is 2. The lowest BCUT2D eigenvalue weighted by Crippen LogP contribution is -2.36. The smallest absolute Gasteiger partial charge is 0.265 e. The molecule has 3 N–H and O–H groups in total. The van der Waals surface area contributed by atoms with Gasteiger partial charge in [0.1, 0.15) is 34.8 Å². The average molecular weight is 562 g/mol. The number of phenolic OH excluding ortho intramolecular Hbond substituents is 2. The van der Waals surface area contributed by atoms with Crippen molar-refractivity contribution in [3.63, 3.8) is 0 Å². The normalized spacial score (nSPS) is 19.5. The molecule has 0 bridgehead atoms. The van der Waals surface area contributed by atoms with Crippen molar-refractivity contribution in [2.45, 2.75) is 44.4 Å². The van der Waals surface area contributed by atoms with Gasteiger partial charge in [0.15, 0.2) is 0 Å². The van der Waals surface area contributed by atoms with E-state index >= 15 is 0 Å². The lowest BCUT2D eigenvalue weighted by molar-refractivity contribution is 0.0522. The van der Waals surface area contributed by atoms with E-state index in [1.807, 2.05) is 26.0 Å². The first-order chi connectivity index (χ1) is 19.1. The molecule has 1 saturated heterocycles. The van der Waals surface area contributed by atoms with Crippen molar-refractivity contribution in [3.05, 3.63) is 113 Å². The molecule has 8 heteroatoms. The van der Waals surface area contributed by atoms with Gasteiger partial charge in [0.25, 0.3) is 5.17 Å². The van der Waals surface area contributed by atoms with Crippen molar-refractivity contribution in [2.75, 3.05) is 4.90 Å². The van der Waals surface area contributed by atoms with Crippen LogP contribution in [0, 0.1) is 18.6 Å². The number of anilines is 1. The Balaban J connectivity index is 1.55. The molecule has 1 aliphatic heterocycles. The first kappa shape index (κ1) is 27.6. The molecule has 5 nitrogen and oxygen atoms in total. The van der Waals surface area contributed by atoms with E-state index in [1.165, 1.54) is 24.3 Å². The number of thiocarbonyl (C=S) groups is 1. The Morgan fingerprint density at radius 1 is 0.950 bits per heavy atom. The molecule has 0 aromatic heterocycles. The van der Waals surface area contributed by atoms with Crippen LogP contribution in [0.3, 0.4) is 0 Å². The Kier molecular flexibility index (Phi) is 7.49. The minimum atomic E-state index is -0.997. The molecule has 1 heterocycles. The van der Waals surface area contributed by atoms with Gasteiger partial charge >= 0.3 is 0 Å². The third-order valence-electron chi connectivity index (χ3n) is 7.45. The predicted molar refractivity (Wildman–Crippen MR) is 154 cm³/mol. The summed E-state index contributed by atoms with van der Waals surface area (Å²) in [5.74, 6) is -0.669. The van der Waals surface area contributed by atoms with Gasteiger partial charge < -0.3 is 20.1 Å². The number of nitrogens with zero attached hydrogens (tertiary/aromatic N) is 1. The maximum absolute atomic E-state index is 13.8. The summed E-state index contributed by atoms with van der Waals surface area (Å²) in [6.45, 7) is 3.77. The van der Waals surface area contributed by atoms with Crippen LogP contribution in [-0.2, 0) is 4.74 Å². The molecule has 0 radical (unpaired) electrons. The van der Waals surface area contributed by atoms with Crippen molar-refractivity contribution in [1.82, 2.24) is 0 Å². The van der Waals surface area contributed by atoms with E-state index in [0.717, 1.165) is 16.7 Å². The van der Waals surface area contributed by atoms with Gasteiger partial charge in [-0.3, -0.25) is 4.90 Å². The molecular weight excluding hydrogens is 532 g/mol. The summed E-state index contributed by atoms with van der Waals surface area (Å²) in [5, 5.41) is 32.4. The standard InChI is InChI=1S/C32H29F2NO4S/c1-19-16-27(29(38)18-26(19)21-4-3-5-25(36)17-21)30-32(2,15-14-28(37)20-6-8-22(33)9-7-20)39-31(40)35(30)24-12-10-23(34)11-13-24/h3-13,16-18,28,30,36-38H,14-15H2,1-2H3/t28-,30+,32+/m0/s1. The minimum Gasteiger partial charge on any atom is -0.508 e. The van der Waals surface area contributed by atoms with Crippen LogP contribution in [0.15, 0.2) is 84.9 Å². The van der Waals surface area contributed by atoms with Crippen molar-refractivity contribution >= 4 is 23.1 Å². The number of halogens is 2. The second-order valence-electron chi connectivity index (χ2n) is 10.3. The van der Waals surface area contributed by atoms with Crippen LogP contribution in [0.4, 0.5) is 14.5 Å². The van der Waals surface area contributed by atoms with Crippen LogP contribution in [0.5, 0.6) is 11.5 Å². The Hall–Kier alpha value is -4.01. The van der Waals surface area contributed by atoms with Crippen LogP contribution in [-0.4, -0.2) is 26.1 Å². The van der Waals surface area contributed by atoms with Crippen LogP contribution in [0.25, 0.3) is 11.1 Å². The second-order valence-corrected chi connectivity index (χ2v) is 10.7. The third kappa shape index (κ3) is 5.37. The maximum atomic E-state index is 13.8. The zero-order valence-electron chi connectivity index (χ0n) is 22.0. The highest BCUT2D eigenvalue weighted by molar-refractivity contribution is 7.80. The molecule has 40 heavy (non-hydrogen) atoms. The fourth-order valence-electron chi connectivity index (χ4n) is 5.39.